The molecule has 2 aromatic rings. The minimum Gasteiger partial charge on any atom is -0.361 e. The normalized spacial score (nSPS) is 10.1. The van der Waals surface area contributed by atoms with Gasteiger partial charge in [-0.1, -0.05) is 30.3 Å². The molecule has 0 atom stereocenters. The van der Waals surface area contributed by atoms with Crippen molar-refractivity contribution in [3.8, 4) is 0 Å². The lowest BCUT2D eigenvalue weighted by molar-refractivity contribution is -0.119. The number of aromatic nitrogens is 1. The molecule has 104 valence electrons. The zero-order chi connectivity index (χ0) is 14.4. The van der Waals surface area contributed by atoms with Crippen molar-refractivity contribution in [1.82, 2.24) is 10.3 Å². The molecule has 1 aromatic carbocycles. The van der Waals surface area contributed by atoms with Crippen molar-refractivity contribution in [2.75, 3.05) is 11.9 Å². The number of carbonyl (C=O) groups excluding carboxylic acids is 1. The minimum absolute atomic E-state index is 0.0591. The van der Waals surface area contributed by atoms with Crippen LogP contribution in [-0.2, 0) is 11.3 Å². The van der Waals surface area contributed by atoms with Gasteiger partial charge in [0, 0.05) is 11.0 Å². The van der Waals surface area contributed by atoms with E-state index in [4.69, 9.17) is 0 Å². The van der Waals surface area contributed by atoms with Crippen molar-refractivity contribution in [2.24, 2.45) is 0 Å². The van der Waals surface area contributed by atoms with Crippen molar-refractivity contribution in [3.05, 3.63) is 58.2 Å². The lowest BCUT2D eigenvalue weighted by atomic mass is 10.2. The van der Waals surface area contributed by atoms with E-state index in [1.807, 2.05) is 49.4 Å². The first-order valence-corrected chi connectivity index (χ1v) is 7.12. The predicted molar refractivity (Wildman–Crippen MR) is 83.5 cm³/mol. The van der Waals surface area contributed by atoms with Gasteiger partial charge in [0.1, 0.15) is 5.82 Å². The molecule has 5 heteroatoms. The second-order valence-corrected chi connectivity index (χ2v) is 5.23. The number of hydrogen-bond donors (Lipinski definition) is 2. The summed E-state index contributed by atoms with van der Waals surface area (Å²) in [5.41, 5.74) is 1.97. The van der Waals surface area contributed by atoms with Crippen LogP contribution < -0.4 is 10.6 Å². The quantitative estimate of drug-likeness (QED) is 0.884. The van der Waals surface area contributed by atoms with Gasteiger partial charge >= 0.3 is 0 Å². The van der Waals surface area contributed by atoms with Crippen LogP contribution in [0.5, 0.6) is 0 Å². The molecular weight excluding hydrogens is 318 g/mol. The second kappa shape index (κ2) is 7.05. The van der Waals surface area contributed by atoms with Crippen molar-refractivity contribution < 1.29 is 4.79 Å². The molecule has 1 amide bonds. The third-order valence-corrected chi connectivity index (χ3v) is 3.62. The smallest absolute Gasteiger partial charge is 0.239 e. The summed E-state index contributed by atoms with van der Waals surface area (Å²) in [6, 6.07) is 13.6. The van der Waals surface area contributed by atoms with Gasteiger partial charge in [0.2, 0.25) is 5.91 Å². The Labute approximate surface area is 126 Å². The van der Waals surface area contributed by atoms with Crippen LogP contribution >= 0.6 is 15.9 Å². The summed E-state index contributed by atoms with van der Waals surface area (Å²) >= 11 is 3.39. The topological polar surface area (TPSA) is 54.0 Å². The molecule has 2 N–H and O–H groups in total. The third-order valence-electron chi connectivity index (χ3n) is 2.78. The van der Waals surface area contributed by atoms with Gasteiger partial charge in [0.05, 0.1) is 12.2 Å². The standard InChI is InChI=1S/C15H16BrN3O/c1-11-13(16)7-8-14(19-11)17-10-15(20)18-9-12-5-3-2-4-6-12/h2-8H,9-10H2,1H3,(H,17,19)(H,18,20). The number of aryl methyl sites for hydroxylation is 1. The van der Waals surface area contributed by atoms with Crippen LogP contribution in [-0.4, -0.2) is 17.4 Å². The zero-order valence-electron chi connectivity index (χ0n) is 11.2. The molecule has 2 rings (SSSR count). The van der Waals surface area contributed by atoms with Crippen molar-refractivity contribution >= 4 is 27.7 Å². The number of rotatable bonds is 5. The van der Waals surface area contributed by atoms with Gasteiger partial charge in [-0.2, -0.15) is 0 Å². The molecule has 0 aliphatic carbocycles. The summed E-state index contributed by atoms with van der Waals surface area (Å²) in [6.07, 6.45) is 0. The molecular formula is C15H16BrN3O. The van der Waals surface area contributed by atoms with Crippen LogP contribution in [0, 0.1) is 6.92 Å². The highest BCUT2D eigenvalue weighted by molar-refractivity contribution is 9.10. The maximum atomic E-state index is 11.7. The predicted octanol–water partition coefficient (Wildman–Crippen LogP) is 2.88. The summed E-state index contributed by atoms with van der Waals surface area (Å²) < 4.78 is 0.955. The van der Waals surface area contributed by atoms with E-state index < -0.39 is 0 Å². The number of nitrogens with zero attached hydrogens (tertiary/aromatic N) is 1. The van der Waals surface area contributed by atoms with E-state index in [2.05, 4.69) is 31.5 Å². The number of pyridine rings is 1. The summed E-state index contributed by atoms with van der Waals surface area (Å²) in [7, 11) is 0. The molecule has 0 aliphatic rings. The number of carbonyl (C=O) groups is 1. The molecule has 20 heavy (non-hydrogen) atoms. The van der Waals surface area contributed by atoms with Crippen molar-refractivity contribution in [3.63, 3.8) is 0 Å². The average Bonchev–Trinajstić information content (AvgIpc) is 2.47. The Morgan fingerprint density at radius 2 is 1.95 bits per heavy atom. The highest BCUT2D eigenvalue weighted by Crippen LogP contribution is 2.15. The maximum Gasteiger partial charge on any atom is 0.239 e. The number of nitrogens with one attached hydrogen (secondary N) is 2. The van der Waals surface area contributed by atoms with E-state index in [9.17, 15) is 4.79 Å². The highest BCUT2D eigenvalue weighted by Gasteiger charge is 2.03. The van der Waals surface area contributed by atoms with Crippen LogP contribution in [0.3, 0.4) is 0 Å². The molecule has 1 aromatic heterocycles. The first-order chi connectivity index (χ1) is 9.65. The van der Waals surface area contributed by atoms with E-state index >= 15 is 0 Å². The van der Waals surface area contributed by atoms with Gasteiger partial charge in [-0.15, -0.1) is 0 Å². The van der Waals surface area contributed by atoms with Crippen LogP contribution in [0.25, 0.3) is 0 Å². The number of benzene rings is 1. The van der Waals surface area contributed by atoms with Gasteiger partial charge in [-0.3, -0.25) is 4.79 Å². The van der Waals surface area contributed by atoms with E-state index in [-0.39, 0.29) is 12.5 Å². The molecule has 0 spiro atoms. The molecule has 0 saturated carbocycles. The van der Waals surface area contributed by atoms with E-state index in [0.717, 1.165) is 15.7 Å². The zero-order valence-corrected chi connectivity index (χ0v) is 12.8. The van der Waals surface area contributed by atoms with Crippen molar-refractivity contribution in [2.45, 2.75) is 13.5 Å². The summed E-state index contributed by atoms with van der Waals surface area (Å²) in [4.78, 5) is 16.1. The Bertz CT molecular complexity index is 587. The Morgan fingerprint density at radius 1 is 1.20 bits per heavy atom. The number of hydrogen-bond acceptors (Lipinski definition) is 3. The Hall–Kier alpha value is -1.88. The van der Waals surface area contributed by atoms with Gasteiger partial charge in [-0.25, -0.2) is 4.98 Å². The first-order valence-electron chi connectivity index (χ1n) is 6.33. The van der Waals surface area contributed by atoms with Crippen LogP contribution in [0.4, 0.5) is 5.82 Å². The molecule has 0 radical (unpaired) electrons. The number of halogens is 1. The highest BCUT2D eigenvalue weighted by atomic mass is 79.9. The fourth-order valence-electron chi connectivity index (χ4n) is 1.67. The second-order valence-electron chi connectivity index (χ2n) is 4.38. The van der Waals surface area contributed by atoms with E-state index in [0.29, 0.717) is 12.4 Å². The summed E-state index contributed by atoms with van der Waals surface area (Å²) in [5, 5.41) is 5.86. The molecule has 0 aliphatic heterocycles. The lowest BCUT2D eigenvalue weighted by Crippen LogP contribution is -2.29. The van der Waals surface area contributed by atoms with Gasteiger partial charge in [0.25, 0.3) is 0 Å². The molecule has 0 unspecified atom stereocenters. The largest absolute Gasteiger partial charge is 0.361 e. The van der Waals surface area contributed by atoms with Gasteiger partial charge in [-0.05, 0) is 40.5 Å². The fraction of sp³-hybridized carbons (Fsp3) is 0.200. The molecule has 4 nitrogen and oxygen atoms in total. The van der Waals surface area contributed by atoms with Gasteiger partial charge in [0.15, 0.2) is 0 Å². The Kier molecular flexibility index (Phi) is 5.12. The van der Waals surface area contributed by atoms with Gasteiger partial charge < -0.3 is 10.6 Å². The molecule has 0 fully saturated rings. The van der Waals surface area contributed by atoms with Crippen molar-refractivity contribution in [1.29, 1.82) is 0 Å². The van der Waals surface area contributed by atoms with E-state index in [1.165, 1.54) is 0 Å². The Morgan fingerprint density at radius 3 is 2.65 bits per heavy atom. The number of amides is 1. The minimum atomic E-state index is -0.0591. The third kappa shape index (κ3) is 4.35. The average molecular weight is 334 g/mol. The monoisotopic (exact) mass is 333 g/mol. The molecule has 1 heterocycles. The maximum absolute atomic E-state index is 11.7. The van der Waals surface area contributed by atoms with Crippen LogP contribution in [0.1, 0.15) is 11.3 Å². The van der Waals surface area contributed by atoms with Crippen LogP contribution in [0.15, 0.2) is 46.9 Å². The SMILES string of the molecule is Cc1nc(NCC(=O)NCc2ccccc2)ccc1Br. The number of anilines is 1. The molecule has 0 bridgehead atoms. The fourth-order valence-corrected chi connectivity index (χ4v) is 1.89. The summed E-state index contributed by atoms with van der Waals surface area (Å²) in [6.45, 7) is 2.65. The van der Waals surface area contributed by atoms with E-state index in [1.54, 1.807) is 0 Å². The summed E-state index contributed by atoms with van der Waals surface area (Å²) in [5.74, 6) is 0.636. The Balaban J connectivity index is 1.79. The lowest BCUT2D eigenvalue weighted by Gasteiger charge is -2.08. The first kappa shape index (κ1) is 14.5. The molecule has 0 saturated heterocycles. The van der Waals surface area contributed by atoms with Crippen LogP contribution in [0.2, 0.25) is 0 Å².